The Labute approximate surface area is 140 Å². The van der Waals surface area contributed by atoms with Gasteiger partial charge in [0.2, 0.25) is 0 Å². The lowest BCUT2D eigenvalue weighted by Crippen LogP contribution is -2.32. The van der Waals surface area contributed by atoms with Crippen LogP contribution in [0.3, 0.4) is 0 Å². The molecule has 1 atom stereocenters. The van der Waals surface area contributed by atoms with Crippen LogP contribution < -0.4 is 10.2 Å². The Morgan fingerprint density at radius 1 is 1.29 bits per heavy atom. The van der Waals surface area contributed by atoms with Crippen LogP contribution in [-0.4, -0.2) is 22.8 Å². The molecule has 0 saturated carbocycles. The number of rotatable bonds is 2. The van der Waals surface area contributed by atoms with Crippen molar-refractivity contribution in [1.82, 2.24) is 4.57 Å². The van der Waals surface area contributed by atoms with Crippen molar-refractivity contribution in [2.24, 2.45) is 5.41 Å². The number of ether oxygens (including phenoxy) is 1. The number of nitrogens with zero attached hydrogens (tertiary/aromatic N) is 1. The number of methoxy groups -OCH3 is 1. The highest BCUT2D eigenvalue weighted by Gasteiger charge is 2.33. The van der Waals surface area contributed by atoms with E-state index in [-0.39, 0.29) is 17.0 Å². The highest BCUT2D eigenvalue weighted by molar-refractivity contribution is 5.87. The molecule has 0 unspecified atom stereocenters. The highest BCUT2D eigenvalue weighted by Crippen LogP contribution is 2.43. The average Bonchev–Trinajstić information content (AvgIpc) is 2.51. The Morgan fingerprint density at radius 2 is 2.00 bits per heavy atom. The van der Waals surface area contributed by atoms with Crippen molar-refractivity contribution in [3.8, 4) is 17.0 Å². The van der Waals surface area contributed by atoms with E-state index in [1.54, 1.807) is 7.11 Å². The van der Waals surface area contributed by atoms with Gasteiger partial charge in [-0.05, 0) is 29.5 Å². The van der Waals surface area contributed by atoms with E-state index in [4.69, 9.17) is 4.74 Å². The molecule has 3 rings (SSSR count). The van der Waals surface area contributed by atoms with Gasteiger partial charge in [0, 0.05) is 23.9 Å². The predicted octanol–water partition coefficient (Wildman–Crippen LogP) is 3.37. The van der Waals surface area contributed by atoms with Crippen LogP contribution in [0.1, 0.15) is 42.7 Å². The lowest BCUT2D eigenvalue weighted by atomic mass is 9.79. The van der Waals surface area contributed by atoms with E-state index in [2.05, 4.69) is 20.8 Å². The molecular weight excluding hydrogens is 306 g/mol. The van der Waals surface area contributed by atoms with Crippen molar-refractivity contribution in [2.75, 3.05) is 7.11 Å². The number of hydrogen-bond donors (Lipinski definition) is 1. The van der Waals surface area contributed by atoms with Gasteiger partial charge in [-0.2, -0.15) is 0 Å². The minimum Gasteiger partial charge on any atom is -0.497 e. The van der Waals surface area contributed by atoms with Crippen molar-refractivity contribution < 1.29 is 14.6 Å². The molecule has 24 heavy (non-hydrogen) atoms. The summed E-state index contributed by atoms with van der Waals surface area (Å²) in [5.41, 5.74) is 2.04. The molecule has 5 heteroatoms. The molecule has 0 saturated heterocycles. The first-order valence-electron chi connectivity index (χ1n) is 7.89. The number of carboxylic acids is 1. The molecule has 1 aliphatic heterocycles. The molecule has 0 spiro atoms. The van der Waals surface area contributed by atoms with Crippen molar-refractivity contribution in [2.45, 2.75) is 33.2 Å². The average molecular weight is 327 g/mol. The van der Waals surface area contributed by atoms with Gasteiger partial charge in [-0.15, -0.1) is 0 Å². The van der Waals surface area contributed by atoms with Gasteiger partial charge in [0.15, 0.2) is 5.43 Å². The van der Waals surface area contributed by atoms with Crippen LogP contribution in [0.4, 0.5) is 0 Å². The van der Waals surface area contributed by atoms with Crippen molar-refractivity contribution >= 4 is 5.97 Å². The number of pyridine rings is 1. The molecule has 0 bridgehead atoms. The van der Waals surface area contributed by atoms with E-state index < -0.39 is 11.4 Å². The third-order valence-electron chi connectivity index (χ3n) is 4.65. The SMILES string of the molecule is COc1ccc2c(c1)-c1cc(=O)c(C(=O)O)cn1[C@H](C(C)(C)C)C2. The number of aromatic carboxylic acids is 1. The molecule has 1 aromatic carbocycles. The molecule has 0 aliphatic carbocycles. The fourth-order valence-corrected chi connectivity index (χ4v) is 3.31. The monoisotopic (exact) mass is 327 g/mol. The van der Waals surface area contributed by atoms with Gasteiger partial charge in [0.25, 0.3) is 0 Å². The van der Waals surface area contributed by atoms with Gasteiger partial charge in [-0.25, -0.2) is 4.79 Å². The van der Waals surface area contributed by atoms with Crippen molar-refractivity contribution in [1.29, 1.82) is 0 Å². The number of carbonyl (C=O) groups is 1. The standard InChI is InChI=1S/C19H21NO4/c1-19(2,3)17-7-11-5-6-12(24-4)8-13(11)15-9-16(21)14(18(22)23)10-20(15)17/h5-6,8-10,17H,7H2,1-4H3,(H,22,23)/t17-/m0/s1. The van der Waals surface area contributed by atoms with E-state index in [0.29, 0.717) is 5.75 Å². The maximum absolute atomic E-state index is 12.2. The molecule has 5 nitrogen and oxygen atoms in total. The van der Waals surface area contributed by atoms with Crippen LogP contribution in [0.15, 0.2) is 35.3 Å². The first kappa shape index (κ1) is 16.3. The molecule has 2 heterocycles. The van der Waals surface area contributed by atoms with E-state index in [1.165, 1.54) is 12.3 Å². The third kappa shape index (κ3) is 2.60. The maximum atomic E-state index is 12.2. The number of hydrogen-bond acceptors (Lipinski definition) is 3. The maximum Gasteiger partial charge on any atom is 0.341 e. The summed E-state index contributed by atoms with van der Waals surface area (Å²) in [5, 5.41) is 9.30. The molecule has 1 aliphatic rings. The number of benzene rings is 1. The Morgan fingerprint density at radius 3 is 2.58 bits per heavy atom. The quantitative estimate of drug-likeness (QED) is 0.918. The van der Waals surface area contributed by atoms with Crippen LogP contribution in [0, 0.1) is 5.41 Å². The molecule has 0 fully saturated rings. The minimum absolute atomic E-state index is 0.0621. The van der Waals surface area contributed by atoms with Crippen LogP contribution >= 0.6 is 0 Å². The Hall–Kier alpha value is -2.56. The number of aromatic nitrogens is 1. The molecule has 0 amide bonds. The summed E-state index contributed by atoms with van der Waals surface area (Å²) in [7, 11) is 1.60. The number of carboxylic acid groups (broad SMARTS) is 1. The minimum atomic E-state index is -1.20. The van der Waals surface area contributed by atoms with Crippen LogP contribution in [0.2, 0.25) is 0 Å². The second-order valence-corrected chi connectivity index (χ2v) is 7.26. The van der Waals surface area contributed by atoms with Crippen LogP contribution in [-0.2, 0) is 6.42 Å². The van der Waals surface area contributed by atoms with E-state index in [9.17, 15) is 14.7 Å². The zero-order valence-corrected chi connectivity index (χ0v) is 14.3. The largest absolute Gasteiger partial charge is 0.497 e. The first-order chi connectivity index (χ1) is 11.2. The van der Waals surface area contributed by atoms with Gasteiger partial charge in [-0.3, -0.25) is 4.79 Å². The van der Waals surface area contributed by atoms with Crippen LogP contribution in [0.25, 0.3) is 11.3 Å². The third-order valence-corrected chi connectivity index (χ3v) is 4.65. The summed E-state index contributed by atoms with van der Waals surface area (Å²) in [6.45, 7) is 6.36. The summed E-state index contributed by atoms with van der Waals surface area (Å²) in [5.74, 6) is -0.483. The van der Waals surface area contributed by atoms with Gasteiger partial charge < -0.3 is 14.4 Å². The van der Waals surface area contributed by atoms with Gasteiger partial charge in [-0.1, -0.05) is 26.8 Å². The normalized spacial score (nSPS) is 16.2. The molecule has 2 aromatic rings. The van der Waals surface area contributed by atoms with Gasteiger partial charge >= 0.3 is 5.97 Å². The predicted molar refractivity (Wildman–Crippen MR) is 91.8 cm³/mol. The smallest absolute Gasteiger partial charge is 0.341 e. The summed E-state index contributed by atoms with van der Waals surface area (Å²) in [6.07, 6.45) is 2.26. The second kappa shape index (κ2) is 5.51. The zero-order chi connectivity index (χ0) is 17.6. The second-order valence-electron chi connectivity index (χ2n) is 7.26. The molecule has 1 N–H and O–H groups in total. The molecule has 126 valence electrons. The summed E-state index contributed by atoms with van der Waals surface area (Å²) in [6, 6.07) is 7.33. The summed E-state index contributed by atoms with van der Waals surface area (Å²) < 4.78 is 7.24. The van der Waals surface area contributed by atoms with Gasteiger partial charge in [0.1, 0.15) is 11.3 Å². The summed E-state index contributed by atoms with van der Waals surface area (Å²) >= 11 is 0. The van der Waals surface area contributed by atoms with E-state index in [1.807, 2.05) is 22.8 Å². The summed E-state index contributed by atoms with van der Waals surface area (Å²) in [4.78, 5) is 23.6. The van der Waals surface area contributed by atoms with Crippen molar-refractivity contribution in [3.63, 3.8) is 0 Å². The molecule has 1 aromatic heterocycles. The van der Waals surface area contributed by atoms with Crippen LogP contribution in [0.5, 0.6) is 5.75 Å². The number of fused-ring (bicyclic) bond motifs is 3. The van der Waals surface area contributed by atoms with Crippen molar-refractivity contribution in [3.05, 3.63) is 51.8 Å². The molecule has 0 radical (unpaired) electrons. The molecular formula is C19H21NO4. The van der Waals surface area contributed by atoms with E-state index >= 15 is 0 Å². The zero-order valence-electron chi connectivity index (χ0n) is 14.3. The Balaban J connectivity index is 2.32. The lowest BCUT2D eigenvalue weighted by Gasteiger charge is -2.39. The Bertz CT molecular complexity index is 874. The highest BCUT2D eigenvalue weighted by atomic mass is 16.5. The topological polar surface area (TPSA) is 68.5 Å². The van der Waals surface area contributed by atoms with E-state index in [0.717, 1.165) is 23.2 Å². The lowest BCUT2D eigenvalue weighted by molar-refractivity contribution is 0.0693. The van der Waals surface area contributed by atoms with Gasteiger partial charge in [0.05, 0.1) is 12.8 Å². The first-order valence-corrected chi connectivity index (χ1v) is 7.89. The Kier molecular flexibility index (Phi) is 3.74. The fraction of sp³-hybridized carbons (Fsp3) is 0.368. The fourth-order valence-electron chi connectivity index (χ4n) is 3.31.